The number of nitrogens with one attached hydrogen (secondary N) is 1. The quantitative estimate of drug-likeness (QED) is 0.905. The summed E-state index contributed by atoms with van der Waals surface area (Å²) in [6.07, 6.45) is 1.03. The van der Waals surface area contributed by atoms with Crippen LogP contribution in [0.2, 0.25) is 0 Å². The van der Waals surface area contributed by atoms with E-state index in [0.717, 1.165) is 22.3 Å². The van der Waals surface area contributed by atoms with Crippen molar-refractivity contribution < 1.29 is 4.79 Å². The van der Waals surface area contributed by atoms with Crippen LogP contribution in [0.5, 0.6) is 0 Å². The summed E-state index contributed by atoms with van der Waals surface area (Å²) in [5.74, 6) is 0.0610. The molecule has 1 aromatic carbocycles. The Morgan fingerprint density at radius 1 is 1.56 bits per heavy atom. The van der Waals surface area contributed by atoms with Gasteiger partial charge < -0.3 is 10.2 Å². The zero-order valence-electron chi connectivity index (χ0n) is 9.46. The number of carbonyl (C=O) groups is 1. The number of anilines is 2. The molecule has 1 atom stereocenters. The molecule has 0 saturated heterocycles. The maximum Gasteiger partial charge on any atom is 0.243 e. The molecular weight excluding hydrogens is 268 g/mol. The van der Waals surface area contributed by atoms with Crippen molar-refractivity contribution in [1.29, 1.82) is 0 Å². The third-order valence-corrected chi connectivity index (χ3v) is 3.47. The standard InChI is InChI=1S/C12H15BrN2O/c1-3-8(2)15-7-12(16)14-10-6-9(13)4-5-11(10)15/h4-6,8H,3,7H2,1-2H3,(H,14,16). The van der Waals surface area contributed by atoms with Gasteiger partial charge in [-0.05, 0) is 31.5 Å². The molecule has 0 fully saturated rings. The first-order valence-electron chi connectivity index (χ1n) is 5.48. The lowest BCUT2D eigenvalue weighted by Gasteiger charge is -2.35. The molecule has 0 aliphatic carbocycles. The number of halogens is 1. The third kappa shape index (κ3) is 2.07. The minimum atomic E-state index is 0.0610. The van der Waals surface area contributed by atoms with Crippen LogP contribution in [0.3, 0.4) is 0 Å². The van der Waals surface area contributed by atoms with Crippen molar-refractivity contribution in [2.24, 2.45) is 0 Å². The summed E-state index contributed by atoms with van der Waals surface area (Å²) in [4.78, 5) is 13.8. The Kier molecular flexibility index (Phi) is 3.19. The molecule has 0 saturated carbocycles. The lowest BCUT2D eigenvalue weighted by Crippen LogP contribution is -2.43. The van der Waals surface area contributed by atoms with Crippen LogP contribution in [-0.2, 0) is 4.79 Å². The van der Waals surface area contributed by atoms with E-state index in [1.807, 2.05) is 18.2 Å². The minimum absolute atomic E-state index is 0.0610. The second-order valence-corrected chi connectivity index (χ2v) is 5.01. The highest BCUT2D eigenvalue weighted by Gasteiger charge is 2.24. The molecule has 86 valence electrons. The summed E-state index contributed by atoms with van der Waals surface area (Å²) in [6.45, 7) is 4.73. The van der Waals surface area contributed by atoms with Crippen LogP contribution >= 0.6 is 15.9 Å². The van der Waals surface area contributed by atoms with E-state index in [2.05, 4.69) is 40.0 Å². The van der Waals surface area contributed by atoms with Gasteiger partial charge in [-0.3, -0.25) is 4.79 Å². The van der Waals surface area contributed by atoms with Crippen molar-refractivity contribution in [3.05, 3.63) is 22.7 Å². The van der Waals surface area contributed by atoms with E-state index in [1.54, 1.807) is 0 Å². The maximum atomic E-state index is 11.6. The molecule has 16 heavy (non-hydrogen) atoms. The molecule has 1 N–H and O–H groups in total. The molecule has 0 aromatic heterocycles. The summed E-state index contributed by atoms with van der Waals surface area (Å²) in [5, 5.41) is 2.90. The van der Waals surface area contributed by atoms with Gasteiger partial charge in [-0.2, -0.15) is 0 Å². The molecular formula is C12H15BrN2O. The molecule has 0 radical (unpaired) electrons. The molecule has 2 rings (SSSR count). The number of carbonyl (C=O) groups excluding carboxylic acids is 1. The van der Waals surface area contributed by atoms with E-state index in [0.29, 0.717) is 12.6 Å². The predicted molar refractivity (Wildman–Crippen MR) is 69.9 cm³/mol. The maximum absolute atomic E-state index is 11.6. The third-order valence-electron chi connectivity index (χ3n) is 2.98. The van der Waals surface area contributed by atoms with Gasteiger partial charge in [-0.25, -0.2) is 0 Å². The molecule has 1 aromatic rings. The summed E-state index contributed by atoms with van der Waals surface area (Å²) in [6, 6.07) is 6.38. The molecule has 4 heteroatoms. The lowest BCUT2D eigenvalue weighted by molar-refractivity contribution is -0.115. The van der Waals surface area contributed by atoms with Crippen LogP contribution in [-0.4, -0.2) is 18.5 Å². The van der Waals surface area contributed by atoms with Gasteiger partial charge >= 0.3 is 0 Å². The highest BCUT2D eigenvalue weighted by atomic mass is 79.9. The normalized spacial score (nSPS) is 16.7. The fourth-order valence-corrected chi connectivity index (χ4v) is 2.26. The van der Waals surface area contributed by atoms with Crippen molar-refractivity contribution in [3.63, 3.8) is 0 Å². The van der Waals surface area contributed by atoms with Gasteiger partial charge in [0.05, 0.1) is 17.9 Å². The van der Waals surface area contributed by atoms with Crippen molar-refractivity contribution in [2.75, 3.05) is 16.8 Å². The first-order valence-corrected chi connectivity index (χ1v) is 6.27. The number of benzene rings is 1. The van der Waals surface area contributed by atoms with Gasteiger partial charge in [-0.15, -0.1) is 0 Å². The SMILES string of the molecule is CCC(C)N1CC(=O)Nc2cc(Br)ccc21. The molecule has 1 aliphatic rings. The van der Waals surface area contributed by atoms with Gasteiger partial charge in [0, 0.05) is 10.5 Å². The smallest absolute Gasteiger partial charge is 0.243 e. The van der Waals surface area contributed by atoms with E-state index in [9.17, 15) is 4.79 Å². The zero-order chi connectivity index (χ0) is 11.7. The van der Waals surface area contributed by atoms with Gasteiger partial charge in [0.25, 0.3) is 0 Å². The van der Waals surface area contributed by atoms with Crippen molar-refractivity contribution >= 4 is 33.2 Å². The fourth-order valence-electron chi connectivity index (χ4n) is 1.90. The van der Waals surface area contributed by atoms with Crippen LogP contribution in [0.15, 0.2) is 22.7 Å². The second kappa shape index (κ2) is 4.45. The molecule has 1 aliphatic heterocycles. The number of rotatable bonds is 2. The number of hydrogen-bond acceptors (Lipinski definition) is 2. The van der Waals surface area contributed by atoms with Gasteiger partial charge in [0.1, 0.15) is 0 Å². The van der Waals surface area contributed by atoms with Gasteiger partial charge in [-0.1, -0.05) is 22.9 Å². The molecule has 0 bridgehead atoms. The fraction of sp³-hybridized carbons (Fsp3) is 0.417. The van der Waals surface area contributed by atoms with Gasteiger partial charge in [0.15, 0.2) is 0 Å². The van der Waals surface area contributed by atoms with E-state index >= 15 is 0 Å². The molecule has 1 heterocycles. The number of fused-ring (bicyclic) bond motifs is 1. The second-order valence-electron chi connectivity index (χ2n) is 4.09. The summed E-state index contributed by atoms with van der Waals surface area (Å²) < 4.78 is 0.984. The highest BCUT2D eigenvalue weighted by molar-refractivity contribution is 9.10. The zero-order valence-corrected chi connectivity index (χ0v) is 11.0. The predicted octanol–water partition coefficient (Wildman–Crippen LogP) is 3.01. The number of nitrogens with zero attached hydrogens (tertiary/aromatic N) is 1. The first-order chi connectivity index (χ1) is 7.61. The average molecular weight is 283 g/mol. The van der Waals surface area contributed by atoms with Crippen molar-refractivity contribution in [1.82, 2.24) is 0 Å². The minimum Gasteiger partial charge on any atom is -0.358 e. The lowest BCUT2D eigenvalue weighted by atomic mass is 10.1. The van der Waals surface area contributed by atoms with Crippen molar-refractivity contribution in [2.45, 2.75) is 26.3 Å². The Bertz CT molecular complexity index is 419. The van der Waals surface area contributed by atoms with Crippen LogP contribution in [0.4, 0.5) is 11.4 Å². The Morgan fingerprint density at radius 3 is 3.00 bits per heavy atom. The summed E-state index contributed by atoms with van der Waals surface area (Å²) >= 11 is 3.41. The van der Waals surface area contributed by atoms with E-state index in [1.165, 1.54) is 0 Å². The van der Waals surface area contributed by atoms with Crippen LogP contribution in [0, 0.1) is 0 Å². The van der Waals surface area contributed by atoms with E-state index in [-0.39, 0.29) is 5.91 Å². The Balaban J connectivity index is 2.41. The average Bonchev–Trinajstić information content (AvgIpc) is 2.26. The topological polar surface area (TPSA) is 32.3 Å². The van der Waals surface area contributed by atoms with E-state index in [4.69, 9.17) is 0 Å². The first kappa shape index (κ1) is 11.5. The number of amides is 1. The Morgan fingerprint density at radius 2 is 2.31 bits per heavy atom. The molecule has 3 nitrogen and oxygen atoms in total. The summed E-state index contributed by atoms with van der Waals surface area (Å²) in [5.41, 5.74) is 2.00. The van der Waals surface area contributed by atoms with E-state index < -0.39 is 0 Å². The van der Waals surface area contributed by atoms with Crippen LogP contribution < -0.4 is 10.2 Å². The largest absolute Gasteiger partial charge is 0.358 e. The molecule has 0 spiro atoms. The monoisotopic (exact) mass is 282 g/mol. The van der Waals surface area contributed by atoms with Crippen molar-refractivity contribution in [3.8, 4) is 0 Å². The van der Waals surface area contributed by atoms with Crippen LogP contribution in [0.25, 0.3) is 0 Å². The Labute approximate surface area is 104 Å². The summed E-state index contributed by atoms with van der Waals surface area (Å²) in [7, 11) is 0. The highest BCUT2D eigenvalue weighted by Crippen LogP contribution is 2.33. The van der Waals surface area contributed by atoms with Gasteiger partial charge in [0.2, 0.25) is 5.91 Å². The molecule has 1 unspecified atom stereocenters. The van der Waals surface area contributed by atoms with Crippen LogP contribution in [0.1, 0.15) is 20.3 Å². The molecule has 1 amide bonds. The number of hydrogen-bond donors (Lipinski definition) is 1. The Hall–Kier alpha value is -1.03.